The van der Waals surface area contributed by atoms with Crippen molar-refractivity contribution in [1.82, 2.24) is 0 Å². The Balaban J connectivity index is 1.99. The number of aliphatic hydroxyl groups excluding tert-OH is 1. The van der Waals surface area contributed by atoms with Crippen LogP contribution in [0.1, 0.15) is 36.8 Å². The van der Waals surface area contributed by atoms with E-state index in [9.17, 15) is 19.7 Å². The number of aliphatic carboxylic acids is 1. The lowest BCUT2D eigenvalue weighted by Crippen LogP contribution is -2.13. The fourth-order valence-corrected chi connectivity index (χ4v) is 2.90. The zero-order valence-corrected chi connectivity index (χ0v) is 18.6. The molecule has 34 heavy (non-hydrogen) atoms. The van der Waals surface area contributed by atoms with Gasteiger partial charge in [0.15, 0.2) is 11.5 Å². The molecule has 0 aliphatic heterocycles. The van der Waals surface area contributed by atoms with E-state index in [1.54, 1.807) is 42.5 Å². The van der Waals surface area contributed by atoms with Gasteiger partial charge in [-0.05, 0) is 36.6 Å². The SMILES string of the molecule is O=C(O)CCCCC(=O)OCCOc1c(/C=C/c2ccc([N+](=O)[O-])cc2)cccc1OCCO. The Bertz CT molecular complexity index is 986. The first-order valence-corrected chi connectivity index (χ1v) is 10.7. The number of carbonyl (C=O) groups is 2. The third-order valence-electron chi connectivity index (χ3n) is 4.53. The summed E-state index contributed by atoms with van der Waals surface area (Å²) >= 11 is 0. The van der Waals surface area contributed by atoms with E-state index in [0.29, 0.717) is 29.9 Å². The van der Waals surface area contributed by atoms with Crippen LogP contribution in [0.4, 0.5) is 5.69 Å². The van der Waals surface area contributed by atoms with Crippen molar-refractivity contribution >= 4 is 29.8 Å². The minimum absolute atomic E-state index is 0.00238. The molecule has 2 aromatic rings. The molecule has 0 heterocycles. The van der Waals surface area contributed by atoms with Crippen molar-refractivity contribution in [2.75, 3.05) is 26.4 Å². The standard InChI is InChI=1S/C24H27NO9/c26-14-15-32-21-5-3-4-19(11-8-18-9-12-20(13-10-18)25(30)31)24(21)34-17-16-33-23(29)7-2-1-6-22(27)28/h3-5,8-13,26H,1-2,6-7,14-17H2,(H,27,28)/b11-8+. The maximum atomic E-state index is 11.8. The first-order valence-electron chi connectivity index (χ1n) is 10.7. The number of carbonyl (C=O) groups excluding carboxylic acids is 1. The van der Waals surface area contributed by atoms with Gasteiger partial charge in [-0.15, -0.1) is 0 Å². The van der Waals surface area contributed by atoms with Gasteiger partial charge in [0, 0.05) is 30.5 Å². The summed E-state index contributed by atoms with van der Waals surface area (Å²) in [5, 5.41) is 28.5. The summed E-state index contributed by atoms with van der Waals surface area (Å²) in [7, 11) is 0. The van der Waals surface area contributed by atoms with E-state index >= 15 is 0 Å². The van der Waals surface area contributed by atoms with E-state index in [4.69, 9.17) is 24.4 Å². The van der Waals surface area contributed by atoms with Crippen LogP contribution in [-0.4, -0.2) is 53.5 Å². The van der Waals surface area contributed by atoms with E-state index in [2.05, 4.69) is 0 Å². The second kappa shape index (κ2) is 14.3. The topological polar surface area (TPSA) is 145 Å². The fourth-order valence-electron chi connectivity index (χ4n) is 2.90. The monoisotopic (exact) mass is 473 g/mol. The second-order valence-electron chi connectivity index (χ2n) is 7.10. The summed E-state index contributed by atoms with van der Waals surface area (Å²) in [4.78, 5) is 32.6. The Labute approximate surface area is 196 Å². The number of non-ortho nitro benzene ring substituents is 1. The average Bonchev–Trinajstić information content (AvgIpc) is 2.82. The number of aliphatic hydroxyl groups is 1. The van der Waals surface area contributed by atoms with Crippen LogP contribution in [-0.2, 0) is 14.3 Å². The maximum Gasteiger partial charge on any atom is 0.305 e. The Morgan fingerprint density at radius 1 is 0.941 bits per heavy atom. The van der Waals surface area contributed by atoms with E-state index in [-0.39, 0.29) is 45.0 Å². The number of nitro groups is 1. The number of esters is 1. The molecule has 2 N–H and O–H groups in total. The van der Waals surface area contributed by atoms with E-state index in [1.165, 1.54) is 12.1 Å². The molecule has 0 saturated heterocycles. The van der Waals surface area contributed by atoms with Gasteiger partial charge in [0.25, 0.3) is 5.69 Å². The van der Waals surface area contributed by atoms with Crippen molar-refractivity contribution in [3.8, 4) is 11.5 Å². The number of rotatable bonds is 15. The third kappa shape index (κ3) is 9.29. The van der Waals surface area contributed by atoms with Gasteiger partial charge in [-0.2, -0.15) is 0 Å². The van der Waals surface area contributed by atoms with Gasteiger partial charge in [-0.1, -0.05) is 24.3 Å². The molecule has 0 saturated carbocycles. The van der Waals surface area contributed by atoms with Crippen LogP contribution in [0.5, 0.6) is 11.5 Å². The Hall–Kier alpha value is -3.92. The van der Waals surface area contributed by atoms with Gasteiger partial charge in [-0.3, -0.25) is 19.7 Å². The number of nitrogens with zero attached hydrogens (tertiary/aromatic N) is 1. The Morgan fingerprint density at radius 2 is 1.68 bits per heavy atom. The molecule has 0 spiro atoms. The van der Waals surface area contributed by atoms with Crippen molar-refractivity contribution in [2.24, 2.45) is 0 Å². The molecule has 0 atom stereocenters. The summed E-state index contributed by atoms with van der Waals surface area (Å²) < 4.78 is 16.5. The van der Waals surface area contributed by atoms with E-state index < -0.39 is 16.9 Å². The van der Waals surface area contributed by atoms with Crippen molar-refractivity contribution in [3.63, 3.8) is 0 Å². The number of hydrogen-bond acceptors (Lipinski definition) is 8. The van der Waals surface area contributed by atoms with Gasteiger partial charge < -0.3 is 24.4 Å². The Morgan fingerprint density at radius 3 is 2.35 bits per heavy atom. The molecule has 182 valence electrons. The van der Waals surface area contributed by atoms with Crippen molar-refractivity contribution < 1.29 is 38.9 Å². The second-order valence-corrected chi connectivity index (χ2v) is 7.10. The minimum atomic E-state index is -0.901. The molecule has 2 rings (SSSR count). The van der Waals surface area contributed by atoms with Gasteiger partial charge in [0.2, 0.25) is 0 Å². The van der Waals surface area contributed by atoms with E-state index in [1.807, 2.05) is 0 Å². The first-order chi connectivity index (χ1) is 16.4. The fraction of sp³-hybridized carbons (Fsp3) is 0.333. The molecule has 0 amide bonds. The summed E-state index contributed by atoms with van der Waals surface area (Å²) in [6.45, 7) is -0.0602. The highest BCUT2D eigenvalue weighted by Crippen LogP contribution is 2.33. The first kappa shape index (κ1) is 26.3. The quantitative estimate of drug-likeness (QED) is 0.130. The number of hydrogen-bond donors (Lipinski definition) is 2. The third-order valence-corrected chi connectivity index (χ3v) is 4.53. The van der Waals surface area contributed by atoms with Gasteiger partial charge in [-0.25, -0.2) is 0 Å². The molecule has 0 aromatic heterocycles. The molecule has 0 bridgehead atoms. The Kier molecular flexibility index (Phi) is 11.1. The van der Waals surface area contributed by atoms with Crippen LogP contribution in [0, 0.1) is 10.1 Å². The number of ether oxygens (including phenoxy) is 3. The zero-order chi connectivity index (χ0) is 24.8. The average molecular weight is 473 g/mol. The summed E-state index contributed by atoms with van der Waals surface area (Å²) in [5.41, 5.74) is 1.40. The highest BCUT2D eigenvalue weighted by molar-refractivity contribution is 5.74. The van der Waals surface area contributed by atoms with Gasteiger partial charge >= 0.3 is 11.9 Å². The normalized spacial score (nSPS) is 10.7. The number of unbranched alkanes of at least 4 members (excludes halogenated alkanes) is 1. The van der Waals surface area contributed by atoms with Crippen LogP contribution >= 0.6 is 0 Å². The van der Waals surface area contributed by atoms with Crippen LogP contribution in [0.2, 0.25) is 0 Å². The molecule has 0 fully saturated rings. The smallest absolute Gasteiger partial charge is 0.305 e. The zero-order valence-electron chi connectivity index (χ0n) is 18.6. The van der Waals surface area contributed by atoms with Crippen molar-refractivity contribution in [2.45, 2.75) is 25.7 Å². The lowest BCUT2D eigenvalue weighted by atomic mass is 10.1. The van der Waals surface area contributed by atoms with Crippen LogP contribution in [0.3, 0.4) is 0 Å². The summed E-state index contributed by atoms with van der Waals surface area (Å²) in [6, 6.07) is 11.3. The molecule has 0 unspecified atom stereocenters. The number of para-hydroxylation sites is 1. The molecular formula is C24H27NO9. The summed E-state index contributed by atoms with van der Waals surface area (Å²) in [5.74, 6) is -0.536. The number of nitro benzene ring substituents is 1. The molecule has 10 nitrogen and oxygen atoms in total. The maximum absolute atomic E-state index is 11.8. The number of benzene rings is 2. The number of carboxylic acid groups (broad SMARTS) is 1. The molecular weight excluding hydrogens is 446 g/mol. The van der Waals surface area contributed by atoms with Gasteiger partial charge in [0.1, 0.15) is 19.8 Å². The van der Waals surface area contributed by atoms with Crippen molar-refractivity contribution in [3.05, 3.63) is 63.7 Å². The van der Waals surface area contributed by atoms with Gasteiger partial charge in [0.05, 0.1) is 11.5 Å². The predicted molar refractivity (Wildman–Crippen MR) is 124 cm³/mol. The molecule has 0 radical (unpaired) electrons. The summed E-state index contributed by atoms with van der Waals surface area (Å²) in [6.07, 6.45) is 4.50. The minimum Gasteiger partial charge on any atom is -0.487 e. The van der Waals surface area contributed by atoms with Crippen LogP contribution in [0.15, 0.2) is 42.5 Å². The van der Waals surface area contributed by atoms with Crippen LogP contribution in [0.25, 0.3) is 12.2 Å². The predicted octanol–water partition coefficient (Wildman–Crippen LogP) is 3.70. The van der Waals surface area contributed by atoms with E-state index in [0.717, 1.165) is 5.56 Å². The molecule has 0 aliphatic carbocycles. The highest BCUT2D eigenvalue weighted by atomic mass is 16.6. The van der Waals surface area contributed by atoms with Crippen molar-refractivity contribution in [1.29, 1.82) is 0 Å². The highest BCUT2D eigenvalue weighted by Gasteiger charge is 2.11. The molecule has 2 aromatic carbocycles. The lowest BCUT2D eigenvalue weighted by molar-refractivity contribution is -0.384. The molecule has 0 aliphatic rings. The molecule has 10 heteroatoms. The lowest BCUT2D eigenvalue weighted by Gasteiger charge is -2.15. The van der Waals surface area contributed by atoms with Crippen LogP contribution < -0.4 is 9.47 Å². The number of carboxylic acids is 1. The largest absolute Gasteiger partial charge is 0.487 e.